The summed E-state index contributed by atoms with van der Waals surface area (Å²) in [4.78, 5) is 0. The minimum Gasteiger partial charge on any atom is -0.488 e. The average molecular weight is 311 g/mol. The minimum absolute atomic E-state index is 0.253. The highest BCUT2D eigenvalue weighted by atomic mass is 35.5. The summed E-state index contributed by atoms with van der Waals surface area (Å²) in [5, 5.41) is 0.680. The fourth-order valence-corrected chi connectivity index (χ4v) is 3.23. The lowest BCUT2D eigenvalue weighted by molar-refractivity contribution is 0.302. The monoisotopic (exact) mass is 310 g/mol. The Balaban J connectivity index is 1.94. The van der Waals surface area contributed by atoms with Crippen molar-refractivity contribution in [3.63, 3.8) is 0 Å². The SMILES string of the molecule is Fc1ccc(-c2ccc3c(c2Cl)-c2ccccc2OC3)cc1. The van der Waals surface area contributed by atoms with E-state index in [4.69, 9.17) is 16.3 Å². The van der Waals surface area contributed by atoms with Gasteiger partial charge in [0.25, 0.3) is 0 Å². The van der Waals surface area contributed by atoms with Crippen LogP contribution in [-0.4, -0.2) is 0 Å². The van der Waals surface area contributed by atoms with Crippen LogP contribution in [0.5, 0.6) is 5.75 Å². The summed E-state index contributed by atoms with van der Waals surface area (Å²) >= 11 is 6.68. The molecule has 0 N–H and O–H groups in total. The summed E-state index contributed by atoms with van der Waals surface area (Å²) in [5.74, 6) is 0.588. The smallest absolute Gasteiger partial charge is 0.127 e. The zero-order chi connectivity index (χ0) is 15.1. The van der Waals surface area contributed by atoms with Gasteiger partial charge in [-0.3, -0.25) is 0 Å². The minimum atomic E-state index is -0.253. The van der Waals surface area contributed by atoms with E-state index in [0.29, 0.717) is 11.6 Å². The number of benzene rings is 3. The molecule has 0 aromatic heterocycles. The van der Waals surface area contributed by atoms with Crippen LogP contribution in [-0.2, 0) is 6.61 Å². The van der Waals surface area contributed by atoms with E-state index < -0.39 is 0 Å². The van der Waals surface area contributed by atoms with Gasteiger partial charge in [0.05, 0.1) is 5.02 Å². The Morgan fingerprint density at radius 3 is 2.45 bits per heavy atom. The Morgan fingerprint density at radius 2 is 1.64 bits per heavy atom. The second-order valence-electron chi connectivity index (χ2n) is 5.25. The Bertz CT molecular complexity index is 856. The Labute approximate surface area is 132 Å². The van der Waals surface area contributed by atoms with Gasteiger partial charge in [-0.05, 0) is 29.3 Å². The van der Waals surface area contributed by atoms with Crippen molar-refractivity contribution in [3.05, 3.63) is 77.1 Å². The van der Waals surface area contributed by atoms with E-state index >= 15 is 0 Å². The van der Waals surface area contributed by atoms with Crippen LogP contribution in [0.4, 0.5) is 4.39 Å². The fourth-order valence-electron chi connectivity index (χ4n) is 2.83. The van der Waals surface area contributed by atoms with E-state index in [1.54, 1.807) is 12.1 Å². The first-order chi connectivity index (χ1) is 10.7. The van der Waals surface area contributed by atoms with E-state index in [2.05, 4.69) is 0 Å². The summed E-state index contributed by atoms with van der Waals surface area (Å²) in [6, 6.07) is 18.2. The second-order valence-corrected chi connectivity index (χ2v) is 5.63. The molecule has 0 unspecified atom stereocenters. The van der Waals surface area contributed by atoms with Crippen molar-refractivity contribution in [3.8, 4) is 28.0 Å². The maximum atomic E-state index is 13.1. The van der Waals surface area contributed by atoms with Crippen LogP contribution in [0.3, 0.4) is 0 Å². The predicted octanol–water partition coefficient (Wildman–Crippen LogP) is 5.71. The molecule has 3 aromatic carbocycles. The first kappa shape index (κ1) is 13.4. The van der Waals surface area contributed by atoms with Crippen LogP contribution < -0.4 is 4.74 Å². The van der Waals surface area contributed by atoms with Gasteiger partial charge < -0.3 is 4.74 Å². The molecule has 4 rings (SSSR count). The molecule has 1 aliphatic heterocycles. The van der Waals surface area contributed by atoms with Gasteiger partial charge in [0.15, 0.2) is 0 Å². The predicted molar refractivity (Wildman–Crippen MR) is 86.6 cm³/mol. The van der Waals surface area contributed by atoms with Crippen molar-refractivity contribution in [1.29, 1.82) is 0 Å². The molecule has 3 heteroatoms. The van der Waals surface area contributed by atoms with E-state index in [-0.39, 0.29) is 5.82 Å². The molecule has 0 saturated heterocycles. The lowest BCUT2D eigenvalue weighted by atomic mass is 9.92. The van der Waals surface area contributed by atoms with Crippen molar-refractivity contribution in [2.24, 2.45) is 0 Å². The number of hydrogen-bond acceptors (Lipinski definition) is 1. The molecule has 1 nitrogen and oxygen atoms in total. The maximum absolute atomic E-state index is 13.1. The molecular formula is C19H12ClFO. The molecule has 108 valence electrons. The molecular weight excluding hydrogens is 299 g/mol. The van der Waals surface area contributed by atoms with Crippen molar-refractivity contribution in [1.82, 2.24) is 0 Å². The van der Waals surface area contributed by atoms with Crippen LogP contribution in [0.25, 0.3) is 22.3 Å². The number of ether oxygens (including phenoxy) is 1. The first-order valence-corrected chi connectivity index (χ1v) is 7.41. The van der Waals surface area contributed by atoms with Gasteiger partial charge in [0, 0.05) is 16.7 Å². The van der Waals surface area contributed by atoms with Gasteiger partial charge in [0.1, 0.15) is 18.2 Å². The summed E-state index contributed by atoms with van der Waals surface area (Å²) in [6.45, 7) is 0.510. The van der Waals surface area contributed by atoms with E-state index in [9.17, 15) is 4.39 Å². The van der Waals surface area contributed by atoms with E-state index in [1.807, 2.05) is 36.4 Å². The molecule has 0 saturated carbocycles. The van der Waals surface area contributed by atoms with Crippen molar-refractivity contribution in [2.45, 2.75) is 6.61 Å². The maximum Gasteiger partial charge on any atom is 0.127 e. The van der Waals surface area contributed by atoms with Gasteiger partial charge in [-0.1, -0.05) is 54.1 Å². The third-order valence-electron chi connectivity index (χ3n) is 3.92. The van der Waals surface area contributed by atoms with Gasteiger partial charge >= 0.3 is 0 Å². The average Bonchev–Trinajstić information content (AvgIpc) is 2.56. The second kappa shape index (κ2) is 5.15. The molecule has 0 aliphatic carbocycles. The van der Waals surface area contributed by atoms with Crippen LogP contribution in [0, 0.1) is 5.82 Å². The van der Waals surface area contributed by atoms with Crippen LogP contribution in [0.15, 0.2) is 60.7 Å². The lowest BCUT2D eigenvalue weighted by Gasteiger charge is -2.23. The molecule has 0 atom stereocenters. The Morgan fingerprint density at radius 1 is 0.864 bits per heavy atom. The van der Waals surface area contributed by atoms with Gasteiger partial charge in [-0.25, -0.2) is 4.39 Å². The molecule has 3 aromatic rings. The Kier molecular flexibility index (Phi) is 3.12. The zero-order valence-corrected chi connectivity index (χ0v) is 12.4. The standard InChI is InChI=1S/C19H12ClFO/c20-19-15(12-5-8-14(21)9-6-12)10-7-13-11-22-17-4-2-1-3-16(17)18(13)19/h1-10H,11H2. The van der Waals surface area contributed by atoms with Gasteiger partial charge in [-0.2, -0.15) is 0 Å². The molecule has 0 amide bonds. The summed E-state index contributed by atoms with van der Waals surface area (Å²) < 4.78 is 18.9. The molecule has 1 aliphatic rings. The number of halogens is 2. The van der Waals surface area contributed by atoms with E-state index in [1.165, 1.54) is 12.1 Å². The molecule has 0 radical (unpaired) electrons. The third-order valence-corrected chi connectivity index (χ3v) is 4.32. The largest absolute Gasteiger partial charge is 0.488 e. The molecule has 22 heavy (non-hydrogen) atoms. The molecule has 0 bridgehead atoms. The molecule has 0 spiro atoms. The lowest BCUT2D eigenvalue weighted by Crippen LogP contribution is -2.06. The fraction of sp³-hybridized carbons (Fsp3) is 0.0526. The van der Waals surface area contributed by atoms with Crippen molar-refractivity contribution < 1.29 is 9.13 Å². The number of para-hydroxylation sites is 1. The summed E-state index contributed by atoms with van der Waals surface area (Å²) in [6.07, 6.45) is 0. The molecule has 0 fully saturated rings. The number of rotatable bonds is 1. The highest BCUT2D eigenvalue weighted by Gasteiger charge is 2.21. The summed E-state index contributed by atoms with van der Waals surface area (Å²) in [7, 11) is 0. The van der Waals surface area contributed by atoms with Gasteiger partial charge in [-0.15, -0.1) is 0 Å². The third kappa shape index (κ3) is 2.08. The highest BCUT2D eigenvalue weighted by Crippen LogP contribution is 2.45. The summed E-state index contributed by atoms with van der Waals surface area (Å²) in [5.41, 5.74) is 4.87. The van der Waals surface area contributed by atoms with Crippen LogP contribution in [0.1, 0.15) is 5.56 Å². The van der Waals surface area contributed by atoms with Gasteiger partial charge in [0.2, 0.25) is 0 Å². The quantitative estimate of drug-likeness (QED) is 0.559. The Hall–Kier alpha value is -2.32. The van der Waals surface area contributed by atoms with Crippen LogP contribution in [0.2, 0.25) is 5.02 Å². The molecule has 1 heterocycles. The normalized spacial score (nSPS) is 12.3. The number of hydrogen-bond donors (Lipinski definition) is 0. The first-order valence-electron chi connectivity index (χ1n) is 7.03. The zero-order valence-electron chi connectivity index (χ0n) is 11.6. The van der Waals surface area contributed by atoms with E-state index in [0.717, 1.165) is 33.6 Å². The highest BCUT2D eigenvalue weighted by molar-refractivity contribution is 6.36. The van der Waals surface area contributed by atoms with Crippen molar-refractivity contribution in [2.75, 3.05) is 0 Å². The van der Waals surface area contributed by atoms with Crippen LogP contribution >= 0.6 is 11.6 Å². The van der Waals surface area contributed by atoms with Crippen molar-refractivity contribution >= 4 is 11.6 Å². The topological polar surface area (TPSA) is 9.23 Å². The number of fused-ring (bicyclic) bond motifs is 3.